The van der Waals surface area contributed by atoms with Crippen molar-refractivity contribution in [1.29, 1.82) is 0 Å². The van der Waals surface area contributed by atoms with Crippen LogP contribution in [-0.4, -0.2) is 18.6 Å². The van der Waals surface area contributed by atoms with E-state index in [4.69, 9.17) is 0 Å². The first kappa shape index (κ1) is 9.68. The normalized spacial score (nSPS) is 13.2. The summed E-state index contributed by atoms with van der Waals surface area (Å²) in [7, 11) is 1.99. The Hall–Kier alpha value is -0.410. The van der Waals surface area contributed by atoms with Gasteiger partial charge >= 0.3 is 0 Å². The maximum Gasteiger partial charge on any atom is 0.0971 e. The summed E-state index contributed by atoms with van der Waals surface area (Å²) in [4.78, 5) is 4.48. The van der Waals surface area contributed by atoms with E-state index in [-0.39, 0.29) is 0 Å². The molecular formula is C9H16N2S. The molecule has 0 aliphatic carbocycles. The Bertz CT molecular complexity index is 232. The third-order valence-corrected chi connectivity index (χ3v) is 3.05. The number of thiazole rings is 1. The first-order chi connectivity index (χ1) is 5.77. The molecule has 1 N–H and O–H groups in total. The van der Waals surface area contributed by atoms with Crippen LogP contribution in [0.25, 0.3) is 0 Å². The first-order valence-corrected chi connectivity index (χ1v) is 5.22. The summed E-state index contributed by atoms with van der Waals surface area (Å²) in [5, 5.41) is 6.58. The van der Waals surface area contributed by atoms with Gasteiger partial charge in [0.1, 0.15) is 0 Å². The molecular weight excluding hydrogens is 168 g/mol. The van der Waals surface area contributed by atoms with Crippen molar-refractivity contribution < 1.29 is 0 Å². The molecule has 3 heteroatoms. The fourth-order valence-electron chi connectivity index (χ4n) is 1.21. The van der Waals surface area contributed by atoms with Gasteiger partial charge in [-0.15, -0.1) is 11.3 Å². The van der Waals surface area contributed by atoms with Crippen molar-refractivity contribution in [2.24, 2.45) is 0 Å². The Morgan fingerprint density at radius 1 is 1.67 bits per heavy atom. The predicted molar refractivity (Wildman–Crippen MR) is 53.8 cm³/mol. The molecule has 12 heavy (non-hydrogen) atoms. The molecule has 0 saturated carbocycles. The Balaban J connectivity index is 2.66. The molecule has 0 spiro atoms. The van der Waals surface area contributed by atoms with Crippen molar-refractivity contribution in [3.05, 3.63) is 16.1 Å². The zero-order chi connectivity index (χ0) is 8.97. The van der Waals surface area contributed by atoms with Crippen LogP contribution >= 0.6 is 11.3 Å². The highest BCUT2D eigenvalue weighted by atomic mass is 32.1. The summed E-state index contributed by atoms with van der Waals surface area (Å²) >= 11 is 1.77. The summed E-state index contributed by atoms with van der Waals surface area (Å²) in [6, 6.07) is 0. The number of hydrogen-bond donors (Lipinski definition) is 1. The van der Waals surface area contributed by atoms with E-state index in [9.17, 15) is 0 Å². The van der Waals surface area contributed by atoms with E-state index in [0.29, 0.717) is 5.92 Å². The monoisotopic (exact) mass is 184 g/mol. The van der Waals surface area contributed by atoms with E-state index in [1.165, 1.54) is 5.01 Å². The van der Waals surface area contributed by atoms with Gasteiger partial charge in [-0.3, -0.25) is 0 Å². The lowest BCUT2D eigenvalue weighted by atomic mass is 10.1. The van der Waals surface area contributed by atoms with Crippen LogP contribution < -0.4 is 5.32 Å². The Morgan fingerprint density at radius 3 is 2.83 bits per heavy atom. The molecule has 1 aromatic rings. The lowest BCUT2D eigenvalue weighted by molar-refractivity contribution is 0.607. The zero-order valence-corrected chi connectivity index (χ0v) is 8.74. The van der Waals surface area contributed by atoms with Crippen LogP contribution in [0.3, 0.4) is 0 Å². The number of rotatable bonds is 4. The Kier molecular flexibility index (Phi) is 3.69. The summed E-state index contributed by atoms with van der Waals surface area (Å²) in [5.74, 6) is 0.591. The molecule has 0 aliphatic rings. The van der Waals surface area contributed by atoms with Crippen molar-refractivity contribution >= 4 is 11.3 Å². The van der Waals surface area contributed by atoms with Crippen molar-refractivity contribution in [3.8, 4) is 0 Å². The van der Waals surface area contributed by atoms with E-state index >= 15 is 0 Å². The van der Waals surface area contributed by atoms with Gasteiger partial charge < -0.3 is 5.32 Å². The van der Waals surface area contributed by atoms with Crippen LogP contribution in [-0.2, 0) is 0 Å². The Labute approximate surface area is 78.0 Å². The summed E-state index contributed by atoms with van der Waals surface area (Å²) < 4.78 is 0. The van der Waals surface area contributed by atoms with Gasteiger partial charge in [0, 0.05) is 23.5 Å². The largest absolute Gasteiger partial charge is 0.319 e. The van der Waals surface area contributed by atoms with Gasteiger partial charge in [0.05, 0.1) is 5.01 Å². The fourth-order valence-corrected chi connectivity index (χ4v) is 2.20. The summed E-state index contributed by atoms with van der Waals surface area (Å²) in [5.41, 5.74) is 1.14. The average Bonchev–Trinajstić information content (AvgIpc) is 2.47. The lowest BCUT2D eigenvalue weighted by Crippen LogP contribution is -2.16. The van der Waals surface area contributed by atoms with Crippen LogP contribution in [0.5, 0.6) is 0 Å². The first-order valence-electron chi connectivity index (χ1n) is 4.34. The van der Waals surface area contributed by atoms with E-state index in [1.807, 2.05) is 14.0 Å². The van der Waals surface area contributed by atoms with Crippen LogP contribution in [0.4, 0.5) is 0 Å². The molecule has 0 radical (unpaired) electrons. The molecule has 1 aromatic heterocycles. The molecule has 2 nitrogen and oxygen atoms in total. The lowest BCUT2D eigenvalue weighted by Gasteiger charge is -2.09. The van der Waals surface area contributed by atoms with Gasteiger partial charge in [0.2, 0.25) is 0 Å². The summed E-state index contributed by atoms with van der Waals surface area (Å²) in [6.07, 6.45) is 1.16. The number of nitrogens with zero attached hydrogens (tertiary/aromatic N) is 1. The molecule has 0 bridgehead atoms. The zero-order valence-electron chi connectivity index (χ0n) is 7.92. The van der Waals surface area contributed by atoms with E-state index < -0.39 is 0 Å². The van der Waals surface area contributed by atoms with Gasteiger partial charge in [-0.05, 0) is 20.4 Å². The molecule has 0 amide bonds. The van der Waals surface area contributed by atoms with E-state index in [0.717, 1.165) is 18.7 Å². The smallest absolute Gasteiger partial charge is 0.0971 e. The van der Waals surface area contributed by atoms with Gasteiger partial charge in [-0.2, -0.15) is 0 Å². The molecule has 0 aromatic carbocycles. The molecule has 68 valence electrons. The van der Waals surface area contributed by atoms with E-state index in [2.05, 4.69) is 22.6 Å². The van der Waals surface area contributed by atoms with Crippen LogP contribution in [0.1, 0.15) is 30.0 Å². The molecule has 0 saturated heterocycles. The number of aryl methyl sites for hydroxylation is 1. The van der Waals surface area contributed by atoms with Crippen molar-refractivity contribution in [1.82, 2.24) is 10.3 Å². The molecule has 1 rings (SSSR count). The highest BCUT2D eigenvalue weighted by molar-refractivity contribution is 7.09. The SMILES string of the molecule is CCC(CNC)c1nc(C)cs1. The minimum absolute atomic E-state index is 0.591. The molecule has 1 atom stereocenters. The van der Waals surface area contributed by atoms with E-state index in [1.54, 1.807) is 11.3 Å². The third-order valence-electron chi connectivity index (χ3n) is 1.93. The maximum atomic E-state index is 4.48. The number of aromatic nitrogens is 1. The third kappa shape index (κ3) is 2.29. The second-order valence-corrected chi connectivity index (χ2v) is 3.88. The van der Waals surface area contributed by atoms with Crippen LogP contribution in [0, 0.1) is 6.92 Å². The highest BCUT2D eigenvalue weighted by Crippen LogP contribution is 2.22. The van der Waals surface area contributed by atoms with Crippen molar-refractivity contribution in [3.63, 3.8) is 0 Å². The quantitative estimate of drug-likeness (QED) is 0.775. The minimum atomic E-state index is 0.591. The van der Waals surface area contributed by atoms with Gasteiger partial charge in [0.15, 0.2) is 0 Å². The number of nitrogens with one attached hydrogen (secondary N) is 1. The number of hydrogen-bond acceptors (Lipinski definition) is 3. The van der Waals surface area contributed by atoms with Crippen LogP contribution in [0.2, 0.25) is 0 Å². The molecule has 1 unspecified atom stereocenters. The van der Waals surface area contributed by atoms with Crippen LogP contribution in [0.15, 0.2) is 5.38 Å². The van der Waals surface area contributed by atoms with Gasteiger partial charge in [0.25, 0.3) is 0 Å². The summed E-state index contributed by atoms with van der Waals surface area (Å²) in [6.45, 7) is 5.29. The fraction of sp³-hybridized carbons (Fsp3) is 0.667. The molecule has 1 heterocycles. The standard InChI is InChI=1S/C9H16N2S/c1-4-8(5-10-3)9-11-7(2)6-12-9/h6,8,10H,4-5H2,1-3H3. The Morgan fingerprint density at radius 2 is 2.42 bits per heavy atom. The number of likely N-dealkylation sites (N-methyl/N-ethyl adjacent to an activating group) is 1. The second kappa shape index (κ2) is 4.58. The molecule has 0 fully saturated rings. The topological polar surface area (TPSA) is 24.9 Å². The minimum Gasteiger partial charge on any atom is -0.319 e. The maximum absolute atomic E-state index is 4.48. The van der Waals surface area contributed by atoms with Gasteiger partial charge in [-0.25, -0.2) is 4.98 Å². The van der Waals surface area contributed by atoms with Crippen molar-refractivity contribution in [2.75, 3.05) is 13.6 Å². The highest BCUT2D eigenvalue weighted by Gasteiger charge is 2.11. The predicted octanol–water partition coefficient (Wildman–Crippen LogP) is 2.16. The second-order valence-electron chi connectivity index (χ2n) is 2.99. The van der Waals surface area contributed by atoms with Crippen molar-refractivity contribution in [2.45, 2.75) is 26.2 Å². The van der Waals surface area contributed by atoms with Gasteiger partial charge in [-0.1, -0.05) is 6.92 Å². The molecule has 0 aliphatic heterocycles. The average molecular weight is 184 g/mol.